The normalized spacial score (nSPS) is 10.5. The molecule has 1 aromatic heterocycles. The van der Waals surface area contributed by atoms with Gasteiger partial charge in [-0.25, -0.2) is 4.79 Å². The molecule has 0 radical (unpaired) electrons. The molecule has 0 aliphatic rings. The number of nitrogens with one attached hydrogen (secondary N) is 1. The molecule has 3 aromatic rings. The van der Waals surface area contributed by atoms with Gasteiger partial charge in [0, 0.05) is 5.69 Å². The minimum Gasteiger partial charge on any atom is -0.462 e. The molecule has 8 nitrogen and oxygen atoms in total. The van der Waals surface area contributed by atoms with Crippen LogP contribution in [0.2, 0.25) is 0 Å². The fraction of sp³-hybridized carbons (Fsp3) is 0.211. The zero-order valence-corrected chi connectivity index (χ0v) is 16.3. The van der Waals surface area contributed by atoms with Crippen LogP contribution in [0.15, 0.2) is 53.7 Å². The molecule has 1 amide bonds. The van der Waals surface area contributed by atoms with E-state index in [9.17, 15) is 9.59 Å². The van der Waals surface area contributed by atoms with E-state index in [0.29, 0.717) is 23.0 Å². The molecule has 0 aliphatic heterocycles. The van der Waals surface area contributed by atoms with Gasteiger partial charge in [0.25, 0.3) is 0 Å². The molecular weight excluding hydrogens is 378 g/mol. The molecule has 0 bridgehead atoms. The van der Waals surface area contributed by atoms with Gasteiger partial charge in [0.05, 0.1) is 23.6 Å². The third-order valence-corrected chi connectivity index (χ3v) is 4.72. The van der Waals surface area contributed by atoms with Crippen molar-refractivity contribution < 1.29 is 14.3 Å². The van der Waals surface area contributed by atoms with Crippen LogP contribution in [-0.2, 0) is 9.53 Å². The summed E-state index contributed by atoms with van der Waals surface area (Å²) in [5, 5.41) is 15.0. The summed E-state index contributed by atoms with van der Waals surface area (Å²) in [6.45, 7) is 4.04. The topological polar surface area (TPSA) is 99.0 Å². The number of nitrogens with zero attached hydrogens (tertiary/aromatic N) is 4. The summed E-state index contributed by atoms with van der Waals surface area (Å²) in [6.07, 6.45) is 0. The number of hydrogen-bond donors (Lipinski definition) is 1. The lowest BCUT2D eigenvalue weighted by Gasteiger charge is -2.08. The zero-order valence-electron chi connectivity index (χ0n) is 15.5. The summed E-state index contributed by atoms with van der Waals surface area (Å²) in [4.78, 5) is 23.9. The maximum absolute atomic E-state index is 12.2. The number of rotatable bonds is 7. The number of ether oxygens (including phenoxy) is 1. The van der Waals surface area contributed by atoms with E-state index in [0.717, 1.165) is 11.3 Å². The Bertz CT molecular complexity index is 972. The Kier molecular flexibility index (Phi) is 6.38. The molecular formula is C19H19N5O3S. The number of carbonyl (C=O) groups is 2. The van der Waals surface area contributed by atoms with E-state index in [4.69, 9.17) is 4.74 Å². The van der Waals surface area contributed by atoms with Crippen LogP contribution in [0.25, 0.3) is 5.69 Å². The molecule has 3 rings (SSSR count). The minimum absolute atomic E-state index is 0.145. The lowest BCUT2D eigenvalue weighted by atomic mass is 10.2. The summed E-state index contributed by atoms with van der Waals surface area (Å²) in [7, 11) is 0. The minimum atomic E-state index is -0.390. The molecule has 0 atom stereocenters. The molecule has 1 N–H and O–H groups in total. The number of esters is 1. The van der Waals surface area contributed by atoms with Gasteiger partial charge in [-0.1, -0.05) is 30.0 Å². The van der Waals surface area contributed by atoms with Crippen molar-refractivity contribution in [3.8, 4) is 5.69 Å². The lowest BCUT2D eigenvalue weighted by molar-refractivity contribution is -0.113. The summed E-state index contributed by atoms with van der Waals surface area (Å²) >= 11 is 1.24. The molecule has 0 saturated carbocycles. The second-order valence-corrected chi connectivity index (χ2v) is 6.74. The average molecular weight is 397 g/mol. The van der Waals surface area contributed by atoms with Gasteiger partial charge in [-0.2, -0.15) is 4.68 Å². The fourth-order valence-electron chi connectivity index (χ4n) is 2.45. The van der Waals surface area contributed by atoms with E-state index < -0.39 is 0 Å². The number of thioether (sulfide) groups is 1. The predicted octanol–water partition coefficient (Wildman–Crippen LogP) is 2.88. The second kappa shape index (κ2) is 9.14. The SMILES string of the molecule is CCOC(=O)c1ccc(NC(=O)CSc2nnnn2-c2ccccc2C)cc1. The largest absolute Gasteiger partial charge is 0.462 e. The molecule has 28 heavy (non-hydrogen) atoms. The van der Waals surface area contributed by atoms with Gasteiger partial charge in [0.2, 0.25) is 11.1 Å². The highest BCUT2D eigenvalue weighted by Crippen LogP contribution is 2.20. The number of carbonyl (C=O) groups excluding carboxylic acids is 2. The second-order valence-electron chi connectivity index (χ2n) is 5.79. The summed E-state index contributed by atoms with van der Waals surface area (Å²) in [5.41, 5.74) is 2.93. The number of aromatic nitrogens is 4. The standard InChI is InChI=1S/C19H19N5O3S/c1-3-27-18(26)14-8-10-15(11-9-14)20-17(25)12-28-19-21-22-23-24(19)16-7-5-4-6-13(16)2/h4-11H,3,12H2,1-2H3,(H,20,25). The van der Waals surface area contributed by atoms with Crippen LogP contribution in [-0.4, -0.2) is 44.4 Å². The molecule has 0 spiro atoms. The molecule has 9 heteroatoms. The monoisotopic (exact) mass is 397 g/mol. The summed E-state index contributed by atoms with van der Waals surface area (Å²) in [5.74, 6) is -0.446. The number of tetrazole rings is 1. The third-order valence-electron chi connectivity index (χ3n) is 3.80. The van der Waals surface area contributed by atoms with Crippen molar-refractivity contribution >= 4 is 29.3 Å². The van der Waals surface area contributed by atoms with Crippen molar-refractivity contribution in [1.82, 2.24) is 20.2 Å². The molecule has 0 fully saturated rings. The maximum Gasteiger partial charge on any atom is 0.338 e. The molecule has 144 valence electrons. The highest BCUT2D eigenvalue weighted by Gasteiger charge is 2.13. The van der Waals surface area contributed by atoms with Crippen LogP contribution in [0.4, 0.5) is 5.69 Å². The van der Waals surface area contributed by atoms with Gasteiger partial charge in [-0.3, -0.25) is 4.79 Å². The maximum atomic E-state index is 12.2. The Morgan fingerprint density at radius 3 is 2.61 bits per heavy atom. The number of hydrogen-bond acceptors (Lipinski definition) is 7. The van der Waals surface area contributed by atoms with E-state index in [1.807, 2.05) is 31.2 Å². The van der Waals surface area contributed by atoms with Crippen molar-refractivity contribution in [2.75, 3.05) is 17.7 Å². The first-order valence-corrected chi connectivity index (χ1v) is 9.61. The Hall–Kier alpha value is -3.20. The van der Waals surface area contributed by atoms with Crippen molar-refractivity contribution in [3.63, 3.8) is 0 Å². The number of anilines is 1. The fourth-order valence-corrected chi connectivity index (χ4v) is 3.14. The quantitative estimate of drug-likeness (QED) is 0.483. The van der Waals surface area contributed by atoms with Crippen molar-refractivity contribution in [2.45, 2.75) is 19.0 Å². The number of aryl methyl sites for hydroxylation is 1. The predicted molar refractivity (Wildman–Crippen MR) is 106 cm³/mol. The lowest BCUT2D eigenvalue weighted by Crippen LogP contribution is -2.15. The van der Waals surface area contributed by atoms with Crippen LogP contribution in [0.5, 0.6) is 0 Å². The Morgan fingerprint density at radius 1 is 1.14 bits per heavy atom. The Labute approximate surface area is 166 Å². The Balaban J connectivity index is 1.59. The molecule has 0 unspecified atom stereocenters. The number of benzene rings is 2. The molecule has 0 saturated heterocycles. The Morgan fingerprint density at radius 2 is 1.89 bits per heavy atom. The highest BCUT2D eigenvalue weighted by molar-refractivity contribution is 7.99. The summed E-state index contributed by atoms with van der Waals surface area (Å²) in [6, 6.07) is 14.3. The van der Waals surface area contributed by atoms with Gasteiger partial charge >= 0.3 is 5.97 Å². The first kappa shape index (κ1) is 19.6. The van der Waals surface area contributed by atoms with Gasteiger partial charge in [-0.15, -0.1) is 5.10 Å². The summed E-state index contributed by atoms with van der Waals surface area (Å²) < 4.78 is 6.55. The zero-order chi connectivity index (χ0) is 19.9. The highest BCUT2D eigenvalue weighted by atomic mass is 32.2. The molecule has 0 aliphatic carbocycles. The van der Waals surface area contributed by atoms with E-state index in [-0.39, 0.29) is 17.6 Å². The third kappa shape index (κ3) is 4.74. The van der Waals surface area contributed by atoms with Gasteiger partial charge in [0.1, 0.15) is 0 Å². The van der Waals surface area contributed by atoms with Crippen molar-refractivity contribution in [3.05, 3.63) is 59.7 Å². The van der Waals surface area contributed by atoms with Gasteiger partial charge in [-0.05, 0) is 60.2 Å². The number of amides is 1. The van der Waals surface area contributed by atoms with E-state index in [1.165, 1.54) is 11.8 Å². The van der Waals surface area contributed by atoms with Crippen molar-refractivity contribution in [2.24, 2.45) is 0 Å². The van der Waals surface area contributed by atoms with E-state index in [2.05, 4.69) is 20.8 Å². The van der Waals surface area contributed by atoms with Crippen LogP contribution >= 0.6 is 11.8 Å². The van der Waals surface area contributed by atoms with Crippen molar-refractivity contribution in [1.29, 1.82) is 0 Å². The van der Waals surface area contributed by atoms with E-state index in [1.54, 1.807) is 35.9 Å². The first-order valence-electron chi connectivity index (χ1n) is 8.62. The van der Waals surface area contributed by atoms with Gasteiger partial charge in [0.15, 0.2) is 0 Å². The number of para-hydroxylation sites is 1. The van der Waals surface area contributed by atoms with Crippen LogP contribution in [0.3, 0.4) is 0 Å². The van der Waals surface area contributed by atoms with Crippen LogP contribution in [0, 0.1) is 6.92 Å². The smallest absolute Gasteiger partial charge is 0.338 e. The molecule has 1 heterocycles. The van der Waals surface area contributed by atoms with Crippen LogP contribution < -0.4 is 5.32 Å². The van der Waals surface area contributed by atoms with Crippen LogP contribution in [0.1, 0.15) is 22.8 Å². The molecule has 2 aromatic carbocycles. The average Bonchev–Trinajstić information content (AvgIpc) is 3.16. The first-order chi connectivity index (χ1) is 13.6. The van der Waals surface area contributed by atoms with E-state index >= 15 is 0 Å². The van der Waals surface area contributed by atoms with Gasteiger partial charge < -0.3 is 10.1 Å².